The molecule has 0 aromatic carbocycles. The van der Waals surface area contributed by atoms with Crippen molar-refractivity contribution in [1.82, 2.24) is 10.6 Å². The van der Waals surface area contributed by atoms with Crippen LogP contribution in [0, 0.1) is 5.41 Å². The predicted molar refractivity (Wildman–Crippen MR) is 87.6 cm³/mol. The first-order chi connectivity index (χ1) is 9.76. The van der Waals surface area contributed by atoms with E-state index in [1.54, 1.807) is 0 Å². The second-order valence-corrected chi connectivity index (χ2v) is 8.98. The molecule has 0 bridgehead atoms. The quantitative estimate of drug-likeness (QED) is 0.835. The third kappa shape index (κ3) is 2.89. The molecule has 3 fully saturated rings. The molecule has 1 spiro atoms. The molecule has 0 aromatic heterocycles. The first-order valence-electron chi connectivity index (χ1n) is 8.93. The van der Waals surface area contributed by atoms with Crippen LogP contribution < -0.4 is 10.6 Å². The number of hydrogen-bond acceptors (Lipinski definition) is 3. The molecule has 3 rings (SSSR count). The standard InChI is InChI=1S/C18H34N2O/c1-6-21-15-10-14(18(15)8-7-9-18)19-13-11-16(2,3)20-17(4,5)12-13/h13-15,19-20H,6-12H2,1-5H3/t14-,15-/m1/s1. The van der Waals surface area contributed by atoms with Crippen LogP contribution in [0.25, 0.3) is 0 Å². The van der Waals surface area contributed by atoms with Crippen molar-refractivity contribution in [1.29, 1.82) is 0 Å². The summed E-state index contributed by atoms with van der Waals surface area (Å²) in [6.07, 6.45) is 8.32. The molecule has 1 aliphatic heterocycles. The molecule has 21 heavy (non-hydrogen) atoms. The summed E-state index contributed by atoms with van der Waals surface area (Å²) in [5.41, 5.74) is 0.944. The molecule has 3 nitrogen and oxygen atoms in total. The predicted octanol–water partition coefficient (Wildman–Crippen LogP) is 3.23. The average Bonchev–Trinajstić information content (AvgIpc) is 2.20. The van der Waals surface area contributed by atoms with Gasteiger partial charge < -0.3 is 15.4 Å². The third-order valence-electron chi connectivity index (χ3n) is 6.06. The van der Waals surface area contributed by atoms with Gasteiger partial charge in [-0.05, 0) is 66.7 Å². The molecular formula is C18H34N2O. The van der Waals surface area contributed by atoms with Gasteiger partial charge in [0.05, 0.1) is 6.10 Å². The summed E-state index contributed by atoms with van der Waals surface area (Å²) in [5.74, 6) is 0. The van der Waals surface area contributed by atoms with Crippen LogP contribution in [0.3, 0.4) is 0 Å². The number of rotatable bonds is 4. The van der Waals surface area contributed by atoms with Gasteiger partial charge in [-0.1, -0.05) is 6.42 Å². The fraction of sp³-hybridized carbons (Fsp3) is 1.00. The Hall–Kier alpha value is -0.120. The van der Waals surface area contributed by atoms with E-state index in [0.717, 1.165) is 6.61 Å². The van der Waals surface area contributed by atoms with Crippen molar-refractivity contribution < 1.29 is 4.74 Å². The molecular weight excluding hydrogens is 260 g/mol. The summed E-state index contributed by atoms with van der Waals surface area (Å²) in [6.45, 7) is 12.4. The van der Waals surface area contributed by atoms with E-state index in [0.29, 0.717) is 23.6 Å². The average molecular weight is 294 g/mol. The van der Waals surface area contributed by atoms with Gasteiger partial charge in [0.15, 0.2) is 0 Å². The maximum Gasteiger partial charge on any atom is 0.0661 e. The second-order valence-electron chi connectivity index (χ2n) is 8.98. The van der Waals surface area contributed by atoms with Crippen LogP contribution in [0.1, 0.15) is 73.1 Å². The van der Waals surface area contributed by atoms with Gasteiger partial charge in [-0.25, -0.2) is 0 Å². The first-order valence-corrected chi connectivity index (χ1v) is 8.93. The van der Waals surface area contributed by atoms with E-state index in [9.17, 15) is 0 Å². The molecule has 3 heteroatoms. The summed E-state index contributed by atoms with van der Waals surface area (Å²) >= 11 is 0. The summed E-state index contributed by atoms with van der Waals surface area (Å²) in [4.78, 5) is 0. The largest absolute Gasteiger partial charge is 0.378 e. The second kappa shape index (κ2) is 5.21. The molecule has 122 valence electrons. The molecule has 1 saturated heterocycles. The van der Waals surface area contributed by atoms with Crippen LogP contribution in [-0.4, -0.2) is 35.9 Å². The number of nitrogens with one attached hydrogen (secondary N) is 2. The molecule has 0 unspecified atom stereocenters. The van der Waals surface area contributed by atoms with E-state index in [4.69, 9.17) is 4.74 Å². The van der Waals surface area contributed by atoms with Gasteiger partial charge in [0.25, 0.3) is 0 Å². The lowest BCUT2D eigenvalue weighted by molar-refractivity contribution is -0.176. The highest BCUT2D eigenvalue weighted by molar-refractivity contribution is 5.13. The molecule has 2 atom stereocenters. The van der Waals surface area contributed by atoms with Gasteiger partial charge >= 0.3 is 0 Å². The Kier molecular flexibility index (Phi) is 3.91. The van der Waals surface area contributed by atoms with Gasteiger partial charge in [-0.15, -0.1) is 0 Å². The van der Waals surface area contributed by atoms with E-state index in [1.165, 1.54) is 38.5 Å². The van der Waals surface area contributed by atoms with Crippen molar-refractivity contribution in [2.45, 2.75) is 102 Å². The van der Waals surface area contributed by atoms with Crippen LogP contribution in [0.2, 0.25) is 0 Å². The van der Waals surface area contributed by atoms with Crippen molar-refractivity contribution in [3.05, 3.63) is 0 Å². The van der Waals surface area contributed by atoms with E-state index in [2.05, 4.69) is 45.3 Å². The highest BCUT2D eigenvalue weighted by Gasteiger charge is 2.59. The van der Waals surface area contributed by atoms with E-state index in [-0.39, 0.29) is 11.1 Å². The summed E-state index contributed by atoms with van der Waals surface area (Å²) < 4.78 is 5.98. The summed E-state index contributed by atoms with van der Waals surface area (Å²) in [5, 5.41) is 7.81. The highest BCUT2D eigenvalue weighted by Crippen LogP contribution is 2.57. The summed E-state index contributed by atoms with van der Waals surface area (Å²) in [7, 11) is 0. The van der Waals surface area contributed by atoms with Gasteiger partial charge in [0.1, 0.15) is 0 Å². The monoisotopic (exact) mass is 294 g/mol. The lowest BCUT2D eigenvalue weighted by Gasteiger charge is -2.62. The fourth-order valence-electron chi connectivity index (χ4n) is 5.40. The minimum Gasteiger partial charge on any atom is -0.378 e. The highest BCUT2D eigenvalue weighted by atomic mass is 16.5. The SMILES string of the molecule is CCO[C@@H]1C[C@@H](NC2CC(C)(C)NC(C)(C)C2)C12CCC2. The molecule has 0 radical (unpaired) electrons. The molecule has 0 aromatic rings. The molecule has 1 heterocycles. The van der Waals surface area contributed by atoms with E-state index < -0.39 is 0 Å². The third-order valence-corrected chi connectivity index (χ3v) is 6.06. The molecule has 2 saturated carbocycles. The van der Waals surface area contributed by atoms with Crippen LogP contribution in [0.15, 0.2) is 0 Å². The van der Waals surface area contributed by atoms with Crippen molar-refractivity contribution in [3.63, 3.8) is 0 Å². The Morgan fingerprint density at radius 3 is 2.19 bits per heavy atom. The smallest absolute Gasteiger partial charge is 0.0661 e. The van der Waals surface area contributed by atoms with Crippen LogP contribution in [0.5, 0.6) is 0 Å². The Labute approximate surface area is 130 Å². The topological polar surface area (TPSA) is 33.3 Å². The molecule has 3 aliphatic rings. The fourth-order valence-corrected chi connectivity index (χ4v) is 5.40. The zero-order chi connectivity index (χ0) is 15.3. The van der Waals surface area contributed by atoms with Gasteiger partial charge in [0, 0.05) is 35.2 Å². The summed E-state index contributed by atoms with van der Waals surface area (Å²) in [6, 6.07) is 1.33. The van der Waals surface area contributed by atoms with Gasteiger partial charge in [-0.3, -0.25) is 0 Å². The van der Waals surface area contributed by atoms with Gasteiger partial charge in [-0.2, -0.15) is 0 Å². The maximum absolute atomic E-state index is 5.98. The number of hydrogen-bond donors (Lipinski definition) is 2. The molecule has 2 aliphatic carbocycles. The molecule has 2 N–H and O–H groups in total. The van der Waals surface area contributed by atoms with Crippen LogP contribution in [-0.2, 0) is 4.74 Å². The Morgan fingerprint density at radius 2 is 1.71 bits per heavy atom. The zero-order valence-electron chi connectivity index (χ0n) is 14.6. The van der Waals surface area contributed by atoms with Crippen molar-refractivity contribution in [3.8, 4) is 0 Å². The lowest BCUT2D eigenvalue weighted by atomic mass is 9.50. The van der Waals surface area contributed by atoms with Crippen LogP contribution >= 0.6 is 0 Å². The normalized spacial score (nSPS) is 37.0. The maximum atomic E-state index is 5.98. The number of ether oxygens (including phenoxy) is 1. The zero-order valence-corrected chi connectivity index (χ0v) is 14.6. The van der Waals surface area contributed by atoms with Crippen molar-refractivity contribution in [2.75, 3.05) is 6.61 Å². The minimum atomic E-state index is 0.231. The Morgan fingerprint density at radius 1 is 1.10 bits per heavy atom. The Bertz CT molecular complexity index is 371. The van der Waals surface area contributed by atoms with Crippen LogP contribution in [0.4, 0.5) is 0 Å². The first kappa shape index (κ1) is 15.8. The Balaban J connectivity index is 1.62. The van der Waals surface area contributed by atoms with E-state index >= 15 is 0 Å². The lowest BCUT2D eigenvalue weighted by Crippen LogP contribution is -2.70. The van der Waals surface area contributed by atoms with Crippen molar-refractivity contribution >= 4 is 0 Å². The molecule has 0 amide bonds. The number of piperidine rings is 1. The van der Waals surface area contributed by atoms with Gasteiger partial charge in [0.2, 0.25) is 0 Å². The van der Waals surface area contributed by atoms with E-state index in [1.807, 2.05) is 0 Å². The van der Waals surface area contributed by atoms with Crippen molar-refractivity contribution in [2.24, 2.45) is 5.41 Å². The minimum absolute atomic E-state index is 0.231.